The molecule has 0 aliphatic carbocycles. The molecule has 2 aromatic rings. The zero-order valence-electron chi connectivity index (χ0n) is 19.2. The third-order valence-corrected chi connectivity index (χ3v) is 8.02. The summed E-state index contributed by atoms with van der Waals surface area (Å²) in [5.74, 6) is 0.350. The molecule has 0 aromatic heterocycles. The molecule has 0 N–H and O–H groups in total. The third kappa shape index (κ3) is 5.02. The highest BCUT2D eigenvalue weighted by atomic mass is 32.2. The summed E-state index contributed by atoms with van der Waals surface area (Å²) in [4.78, 5) is 26.6. The standard InChI is InChI=1S/C24H28N2O7S/c1-17-11-13-25(14-12-17)34(29,30)19-9-7-18(8-10-19)32-16-23(27)26-15-22(24(28)31-2)33-21-6-4-3-5-20(21)26/h3-10,17,22H,11-16H2,1-2H3/t22-/m1/s1. The van der Waals surface area contributed by atoms with Crippen LogP contribution in [0.5, 0.6) is 11.5 Å². The molecular weight excluding hydrogens is 460 g/mol. The number of rotatable bonds is 6. The first kappa shape index (κ1) is 24.0. The SMILES string of the molecule is COC(=O)[C@H]1CN(C(=O)COc2ccc(S(=O)(=O)N3CCC(C)CC3)cc2)c2ccccc2O1. The largest absolute Gasteiger partial charge is 0.484 e. The first-order chi connectivity index (χ1) is 16.3. The van der Waals surface area contributed by atoms with E-state index in [2.05, 4.69) is 6.92 Å². The van der Waals surface area contributed by atoms with Crippen molar-refractivity contribution in [3.8, 4) is 11.5 Å². The molecule has 2 aromatic carbocycles. The number of hydrogen-bond donors (Lipinski definition) is 0. The van der Waals surface area contributed by atoms with Crippen LogP contribution in [-0.4, -0.2) is 64.1 Å². The van der Waals surface area contributed by atoms with Gasteiger partial charge < -0.3 is 19.1 Å². The number of hydrogen-bond acceptors (Lipinski definition) is 7. The fourth-order valence-electron chi connectivity index (χ4n) is 4.03. The second kappa shape index (κ2) is 10.0. The van der Waals surface area contributed by atoms with E-state index in [1.807, 2.05) is 0 Å². The third-order valence-electron chi connectivity index (χ3n) is 6.11. The molecule has 9 nitrogen and oxygen atoms in total. The Balaban J connectivity index is 1.41. The van der Waals surface area contributed by atoms with Gasteiger partial charge in [-0.05, 0) is 55.2 Å². The average molecular weight is 489 g/mol. The zero-order valence-corrected chi connectivity index (χ0v) is 20.0. The molecule has 0 bridgehead atoms. The lowest BCUT2D eigenvalue weighted by atomic mass is 10.0. The fraction of sp³-hybridized carbons (Fsp3) is 0.417. The Kier molecular flexibility index (Phi) is 7.08. The number of amides is 1. The number of ether oxygens (including phenoxy) is 3. The van der Waals surface area contributed by atoms with Crippen molar-refractivity contribution in [3.05, 3.63) is 48.5 Å². The number of esters is 1. The Labute approximate surface area is 199 Å². The van der Waals surface area contributed by atoms with Crippen molar-refractivity contribution >= 4 is 27.6 Å². The molecule has 1 amide bonds. The van der Waals surface area contributed by atoms with E-state index < -0.39 is 22.1 Å². The Bertz CT molecular complexity index is 1140. The zero-order chi connectivity index (χ0) is 24.3. The summed E-state index contributed by atoms with van der Waals surface area (Å²) in [5, 5.41) is 0. The van der Waals surface area contributed by atoms with Gasteiger partial charge >= 0.3 is 5.97 Å². The van der Waals surface area contributed by atoms with Crippen LogP contribution in [0.3, 0.4) is 0 Å². The minimum atomic E-state index is -3.56. The quantitative estimate of drug-likeness (QED) is 0.576. The van der Waals surface area contributed by atoms with Gasteiger partial charge in [-0.2, -0.15) is 4.31 Å². The van der Waals surface area contributed by atoms with E-state index in [0.29, 0.717) is 36.2 Å². The fourth-order valence-corrected chi connectivity index (χ4v) is 5.50. The van der Waals surface area contributed by atoms with Gasteiger partial charge in [0.1, 0.15) is 11.5 Å². The van der Waals surface area contributed by atoms with Crippen LogP contribution < -0.4 is 14.4 Å². The molecule has 182 valence electrons. The molecule has 10 heteroatoms. The van der Waals surface area contributed by atoms with Crippen LogP contribution in [0.15, 0.2) is 53.4 Å². The maximum Gasteiger partial charge on any atom is 0.348 e. The van der Waals surface area contributed by atoms with Crippen molar-refractivity contribution in [1.82, 2.24) is 4.31 Å². The number of carbonyl (C=O) groups excluding carboxylic acids is 2. The Morgan fingerprint density at radius 3 is 2.41 bits per heavy atom. The van der Waals surface area contributed by atoms with Gasteiger partial charge in [0.15, 0.2) is 6.61 Å². The summed E-state index contributed by atoms with van der Waals surface area (Å²) in [6, 6.07) is 13.0. The van der Waals surface area contributed by atoms with E-state index in [0.717, 1.165) is 12.8 Å². The summed E-state index contributed by atoms with van der Waals surface area (Å²) in [6.07, 6.45) is 0.764. The Hall–Kier alpha value is -3.11. The van der Waals surface area contributed by atoms with Crippen molar-refractivity contribution in [2.75, 3.05) is 38.3 Å². The van der Waals surface area contributed by atoms with Crippen molar-refractivity contribution in [2.24, 2.45) is 5.92 Å². The molecule has 2 aliphatic heterocycles. The van der Waals surface area contributed by atoms with E-state index in [1.165, 1.54) is 40.6 Å². The topological polar surface area (TPSA) is 102 Å². The number of anilines is 1. The van der Waals surface area contributed by atoms with E-state index >= 15 is 0 Å². The van der Waals surface area contributed by atoms with Gasteiger partial charge in [-0.25, -0.2) is 13.2 Å². The lowest BCUT2D eigenvalue weighted by Gasteiger charge is -2.33. The van der Waals surface area contributed by atoms with Gasteiger partial charge in [0.05, 0.1) is 24.2 Å². The molecule has 1 saturated heterocycles. The number of carbonyl (C=O) groups is 2. The highest BCUT2D eigenvalue weighted by molar-refractivity contribution is 7.89. The normalized spacial score (nSPS) is 19.1. The number of para-hydroxylation sites is 2. The molecule has 0 radical (unpaired) electrons. The molecule has 4 rings (SSSR count). The number of fused-ring (bicyclic) bond motifs is 1. The van der Waals surface area contributed by atoms with Crippen LogP contribution >= 0.6 is 0 Å². The van der Waals surface area contributed by atoms with Crippen molar-refractivity contribution in [3.63, 3.8) is 0 Å². The van der Waals surface area contributed by atoms with Gasteiger partial charge in [0.25, 0.3) is 5.91 Å². The predicted octanol–water partition coefficient (Wildman–Crippen LogP) is 2.45. The van der Waals surface area contributed by atoms with Crippen LogP contribution in [0.25, 0.3) is 0 Å². The molecule has 0 spiro atoms. The van der Waals surface area contributed by atoms with E-state index in [4.69, 9.17) is 14.2 Å². The minimum absolute atomic E-state index is 0.00247. The van der Waals surface area contributed by atoms with E-state index in [9.17, 15) is 18.0 Å². The molecular formula is C24H28N2O7S. The molecule has 2 aliphatic rings. The van der Waals surface area contributed by atoms with Gasteiger partial charge in [-0.15, -0.1) is 0 Å². The van der Waals surface area contributed by atoms with Crippen molar-refractivity contribution < 1.29 is 32.2 Å². The Morgan fingerprint density at radius 2 is 1.74 bits per heavy atom. The average Bonchev–Trinajstić information content (AvgIpc) is 2.86. The van der Waals surface area contributed by atoms with Crippen molar-refractivity contribution in [2.45, 2.75) is 30.8 Å². The Morgan fingerprint density at radius 1 is 1.06 bits per heavy atom. The van der Waals surface area contributed by atoms with Crippen LogP contribution in [-0.2, 0) is 24.3 Å². The highest BCUT2D eigenvalue weighted by Crippen LogP contribution is 2.33. The molecule has 1 atom stereocenters. The van der Waals surface area contributed by atoms with Gasteiger partial charge in [0, 0.05) is 13.1 Å². The first-order valence-corrected chi connectivity index (χ1v) is 12.6. The van der Waals surface area contributed by atoms with Crippen molar-refractivity contribution in [1.29, 1.82) is 0 Å². The first-order valence-electron chi connectivity index (χ1n) is 11.2. The number of benzene rings is 2. The lowest BCUT2D eigenvalue weighted by Crippen LogP contribution is -2.48. The smallest absolute Gasteiger partial charge is 0.348 e. The second-order valence-electron chi connectivity index (χ2n) is 8.45. The highest BCUT2D eigenvalue weighted by Gasteiger charge is 2.34. The van der Waals surface area contributed by atoms with E-state index in [-0.39, 0.29) is 24.0 Å². The monoisotopic (exact) mass is 488 g/mol. The maximum atomic E-state index is 12.9. The lowest BCUT2D eigenvalue weighted by molar-refractivity contribution is -0.148. The number of nitrogens with zero attached hydrogens (tertiary/aromatic N) is 2. The summed E-state index contributed by atoms with van der Waals surface area (Å²) in [7, 11) is -2.29. The summed E-state index contributed by atoms with van der Waals surface area (Å²) in [6.45, 7) is 2.87. The summed E-state index contributed by atoms with van der Waals surface area (Å²) in [5.41, 5.74) is 0.536. The van der Waals surface area contributed by atoms with Crippen LogP contribution in [0.4, 0.5) is 5.69 Å². The van der Waals surface area contributed by atoms with Crippen LogP contribution in [0.2, 0.25) is 0 Å². The second-order valence-corrected chi connectivity index (χ2v) is 10.4. The van der Waals surface area contributed by atoms with Crippen LogP contribution in [0.1, 0.15) is 19.8 Å². The number of methoxy groups -OCH3 is 1. The summed E-state index contributed by atoms with van der Waals surface area (Å²) >= 11 is 0. The molecule has 0 saturated carbocycles. The molecule has 0 unspecified atom stereocenters. The van der Waals surface area contributed by atoms with Gasteiger partial charge in [0.2, 0.25) is 16.1 Å². The number of piperidine rings is 1. The minimum Gasteiger partial charge on any atom is -0.484 e. The van der Waals surface area contributed by atoms with Gasteiger partial charge in [-0.1, -0.05) is 19.1 Å². The summed E-state index contributed by atoms with van der Waals surface area (Å²) < 4.78 is 43.3. The molecule has 2 heterocycles. The molecule has 1 fully saturated rings. The predicted molar refractivity (Wildman–Crippen MR) is 124 cm³/mol. The van der Waals surface area contributed by atoms with Gasteiger partial charge in [-0.3, -0.25) is 4.79 Å². The molecule has 34 heavy (non-hydrogen) atoms. The van der Waals surface area contributed by atoms with Crippen LogP contribution in [0, 0.1) is 5.92 Å². The maximum absolute atomic E-state index is 12.9. The van der Waals surface area contributed by atoms with E-state index in [1.54, 1.807) is 24.3 Å². The number of sulfonamides is 1.